The molecule has 25 heavy (non-hydrogen) atoms. The number of hydrogen-bond donors (Lipinski definition) is 2. The topological polar surface area (TPSA) is 89.2 Å². The first kappa shape index (κ1) is 18.0. The standard InChI is InChI=1S/C18H28N2O5/c1-4-5-6-7-8-20-15(21)12-10-23-16(24-17(22)19-3)14-11(12)9-13-18(14,2)25-13/h10-11,13-14,16H,4-9H2,1-3H3,(H,19,22)(H,20,21)/t11-,13+,14-,16+,18+/m1/s1. The Balaban J connectivity index is 1.64. The highest BCUT2D eigenvalue weighted by Gasteiger charge is 2.70. The van der Waals surface area contributed by atoms with Gasteiger partial charge < -0.3 is 24.8 Å². The summed E-state index contributed by atoms with van der Waals surface area (Å²) in [6, 6.07) is 0. The highest BCUT2D eigenvalue weighted by Crippen LogP contribution is 2.60. The quantitative estimate of drug-likeness (QED) is 0.541. The minimum atomic E-state index is -0.733. The van der Waals surface area contributed by atoms with E-state index in [1.54, 1.807) is 0 Å². The fourth-order valence-electron chi connectivity index (χ4n) is 4.06. The zero-order valence-corrected chi connectivity index (χ0v) is 15.2. The van der Waals surface area contributed by atoms with Crippen LogP contribution in [0.4, 0.5) is 4.79 Å². The summed E-state index contributed by atoms with van der Waals surface area (Å²) in [5.41, 5.74) is 0.249. The van der Waals surface area contributed by atoms with Gasteiger partial charge in [0.2, 0.25) is 0 Å². The Kier molecular flexibility index (Phi) is 5.22. The third kappa shape index (κ3) is 3.47. The molecule has 2 amide bonds. The van der Waals surface area contributed by atoms with Crippen molar-refractivity contribution in [2.75, 3.05) is 13.6 Å². The summed E-state index contributed by atoms with van der Waals surface area (Å²) in [5, 5.41) is 5.41. The largest absolute Gasteiger partial charge is 0.461 e. The summed E-state index contributed by atoms with van der Waals surface area (Å²) < 4.78 is 16.7. The van der Waals surface area contributed by atoms with Gasteiger partial charge in [0.05, 0.1) is 23.9 Å². The summed E-state index contributed by atoms with van der Waals surface area (Å²) in [5.74, 6) is -0.266. The molecule has 0 aromatic carbocycles. The van der Waals surface area contributed by atoms with Crippen LogP contribution >= 0.6 is 0 Å². The summed E-state index contributed by atoms with van der Waals surface area (Å²) >= 11 is 0. The van der Waals surface area contributed by atoms with Crippen LogP contribution in [0.5, 0.6) is 0 Å². The fraction of sp³-hybridized carbons (Fsp3) is 0.778. The van der Waals surface area contributed by atoms with Crippen molar-refractivity contribution in [2.24, 2.45) is 11.8 Å². The average Bonchev–Trinajstić information content (AvgIpc) is 3.15. The van der Waals surface area contributed by atoms with Crippen LogP contribution in [0.1, 0.15) is 46.0 Å². The van der Waals surface area contributed by atoms with Gasteiger partial charge in [0, 0.05) is 19.5 Å². The molecule has 0 bridgehead atoms. The maximum absolute atomic E-state index is 12.6. The number of ether oxygens (including phenoxy) is 3. The lowest BCUT2D eigenvalue weighted by Gasteiger charge is -2.36. The zero-order valence-electron chi connectivity index (χ0n) is 15.2. The Bertz CT molecular complexity index is 564. The molecule has 2 heterocycles. The van der Waals surface area contributed by atoms with Gasteiger partial charge in [-0.2, -0.15) is 0 Å². The third-order valence-corrected chi connectivity index (χ3v) is 5.57. The average molecular weight is 352 g/mol. The van der Waals surface area contributed by atoms with Gasteiger partial charge in [-0.15, -0.1) is 0 Å². The number of nitrogens with one attached hydrogen (secondary N) is 2. The number of rotatable bonds is 7. The van der Waals surface area contributed by atoms with Crippen LogP contribution in [0.3, 0.4) is 0 Å². The first-order chi connectivity index (χ1) is 12.0. The molecule has 0 aromatic rings. The van der Waals surface area contributed by atoms with Crippen molar-refractivity contribution in [1.82, 2.24) is 10.6 Å². The van der Waals surface area contributed by atoms with Crippen molar-refractivity contribution in [3.05, 3.63) is 11.8 Å². The number of epoxide rings is 1. The van der Waals surface area contributed by atoms with Crippen LogP contribution in [0.15, 0.2) is 11.8 Å². The van der Waals surface area contributed by atoms with Gasteiger partial charge in [0.25, 0.3) is 12.2 Å². The maximum Gasteiger partial charge on any atom is 0.409 e. The Morgan fingerprint density at radius 1 is 1.36 bits per heavy atom. The van der Waals surface area contributed by atoms with Gasteiger partial charge in [-0.05, 0) is 19.8 Å². The predicted octanol–water partition coefficient (Wildman–Crippen LogP) is 2.07. The molecule has 7 heteroatoms. The van der Waals surface area contributed by atoms with E-state index in [-0.39, 0.29) is 29.4 Å². The van der Waals surface area contributed by atoms with Crippen molar-refractivity contribution >= 4 is 12.0 Å². The first-order valence-corrected chi connectivity index (χ1v) is 9.21. The minimum Gasteiger partial charge on any atom is -0.461 e. The van der Waals surface area contributed by atoms with Crippen molar-refractivity contribution in [2.45, 2.75) is 63.9 Å². The second kappa shape index (κ2) is 7.23. The molecule has 7 nitrogen and oxygen atoms in total. The zero-order chi connectivity index (χ0) is 18.0. The number of hydrogen-bond acceptors (Lipinski definition) is 5. The SMILES string of the molecule is CCCCCCNC(=O)C1=CO[C@@H](OC(=O)NC)[C@H]2[C@@H]1C[C@@H]1O[C@]21C. The van der Waals surface area contributed by atoms with Crippen LogP contribution in [-0.2, 0) is 19.0 Å². The van der Waals surface area contributed by atoms with Gasteiger partial charge in [-0.25, -0.2) is 4.79 Å². The van der Waals surface area contributed by atoms with Crippen molar-refractivity contribution in [1.29, 1.82) is 0 Å². The van der Waals surface area contributed by atoms with E-state index in [9.17, 15) is 9.59 Å². The van der Waals surface area contributed by atoms with E-state index in [2.05, 4.69) is 17.6 Å². The Morgan fingerprint density at radius 3 is 2.88 bits per heavy atom. The molecule has 3 aliphatic rings. The van der Waals surface area contributed by atoms with Gasteiger partial charge in [-0.1, -0.05) is 26.2 Å². The van der Waals surface area contributed by atoms with Gasteiger partial charge >= 0.3 is 6.09 Å². The molecular formula is C18H28N2O5. The van der Waals surface area contributed by atoms with E-state index in [0.29, 0.717) is 12.1 Å². The smallest absolute Gasteiger partial charge is 0.409 e. The number of carbonyl (C=O) groups is 2. The van der Waals surface area contributed by atoms with Crippen LogP contribution in [0, 0.1) is 11.8 Å². The monoisotopic (exact) mass is 352 g/mol. The van der Waals surface area contributed by atoms with Crippen LogP contribution in [0.25, 0.3) is 0 Å². The highest BCUT2D eigenvalue weighted by molar-refractivity contribution is 5.94. The van der Waals surface area contributed by atoms with Crippen molar-refractivity contribution in [3.63, 3.8) is 0 Å². The fourth-order valence-corrected chi connectivity index (χ4v) is 4.06. The molecule has 5 atom stereocenters. The number of carbonyl (C=O) groups excluding carboxylic acids is 2. The second-order valence-electron chi connectivity index (χ2n) is 7.21. The highest BCUT2D eigenvalue weighted by atomic mass is 16.7. The van der Waals surface area contributed by atoms with E-state index in [4.69, 9.17) is 14.2 Å². The lowest BCUT2D eigenvalue weighted by Crippen LogP contribution is -2.45. The third-order valence-electron chi connectivity index (χ3n) is 5.57. The maximum atomic E-state index is 12.6. The van der Waals surface area contributed by atoms with Crippen LogP contribution < -0.4 is 10.6 Å². The number of fused-ring (bicyclic) bond motifs is 3. The summed E-state index contributed by atoms with van der Waals surface area (Å²) in [4.78, 5) is 24.1. The summed E-state index contributed by atoms with van der Waals surface area (Å²) in [6.45, 7) is 4.83. The molecule has 0 spiro atoms. The van der Waals surface area contributed by atoms with E-state index >= 15 is 0 Å². The predicted molar refractivity (Wildman–Crippen MR) is 90.5 cm³/mol. The van der Waals surface area contributed by atoms with Crippen LogP contribution in [0.2, 0.25) is 0 Å². The molecule has 1 saturated heterocycles. The van der Waals surface area contributed by atoms with Crippen LogP contribution in [-0.4, -0.2) is 43.6 Å². The first-order valence-electron chi connectivity index (χ1n) is 9.21. The molecule has 1 aliphatic carbocycles. The van der Waals surface area contributed by atoms with Gasteiger partial charge in [-0.3, -0.25) is 4.79 Å². The van der Waals surface area contributed by atoms with E-state index in [1.807, 2.05) is 6.92 Å². The molecule has 2 aliphatic heterocycles. The number of alkyl carbamates (subject to hydrolysis) is 1. The van der Waals surface area contributed by atoms with E-state index in [1.165, 1.54) is 26.2 Å². The molecule has 3 rings (SSSR count). The van der Waals surface area contributed by atoms with E-state index in [0.717, 1.165) is 19.3 Å². The Hall–Kier alpha value is -1.76. The molecule has 140 valence electrons. The Morgan fingerprint density at radius 2 is 2.16 bits per heavy atom. The lowest BCUT2D eigenvalue weighted by molar-refractivity contribution is -0.142. The van der Waals surface area contributed by atoms with Crippen molar-refractivity contribution < 1.29 is 23.8 Å². The molecule has 2 fully saturated rings. The van der Waals surface area contributed by atoms with Gasteiger partial charge in [0.1, 0.15) is 5.60 Å². The molecule has 2 N–H and O–H groups in total. The summed E-state index contributed by atoms with van der Waals surface area (Å²) in [6.07, 6.45) is 5.49. The molecule has 1 saturated carbocycles. The molecular weight excluding hydrogens is 324 g/mol. The molecule has 0 unspecified atom stereocenters. The van der Waals surface area contributed by atoms with Crippen molar-refractivity contribution in [3.8, 4) is 0 Å². The molecule has 0 radical (unpaired) electrons. The number of amides is 2. The molecule has 0 aromatic heterocycles. The minimum absolute atomic E-state index is 0.0113. The second-order valence-corrected chi connectivity index (χ2v) is 7.21. The van der Waals surface area contributed by atoms with E-state index < -0.39 is 12.4 Å². The summed E-state index contributed by atoms with van der Waals surface area (Å²) in [7, 11) is 1.50. The Labute approximate surface area is 148 Å². The van der Waals surface area contributed by atoms with Gasteiger partial charge in [0.15, 0.2) is 0 Å². The normalized spacial score (nSPS) is 34.9. The number of unbranched alkanes of at least 4 members (excludes halogenated alkanes) is 3. The lowest BCUT2D eigenvalue weighted by atomic mass is 9.82.